The van der Waals surface area contributed by atoms with Crippen LogP contribution in [0.25, 0.3) is 10.8 Å². The van der Waals surface area contributed by atoms with Crippen molar-refractivity contribution in [1.29, 1.82) is 0 Å². The van der Waals surface area contributed by atoms with E-state index in [2.05, 4.69) is 67.2 Å². The Hall–Kier alpha value is -1.61. The van der Waals surface area contributed by atoms with Gasteiger partial charge in [0.1, 0.15) is 5.82 Å². The molecule has 1 aromatic carbocycles. The summed E-state index contributed by atoms with van der Waals surface area (Å²) in [4.78, 5) is 7.19. The first-order valence-corrected chi connectivity index (χ1v) is 8.31. The van der Waals surface area contributed by atoms with Crippen molar-refractivity contribution in [3.63, 3.8) is 0 Å². The van der Waals surface area contributed by atoms with Crippen molar-refractivity contribution < 1.29 is 0 Å². The number of nitrogens with one attached hydrogen (secondary N) is 1. The molecule has 1 aliphatic heterocycles. The summed E-state index contributed by atoms with van der Waals surface area (Å²) in [6.45, 7) is 11.4. The molecule has 3 heteroatoms. The van der Waals surface area contributed by atoms with E-state index in [-0.39, 0.29) is 5.54 Å². The van der Waals surface area contributed by atoms with Crippen LogP contribution in [0.3, 0.4) is 0 Å². The van der Waals surface area contributed by atoms with Crippen LogP contribution >= 0.6 is 0 Å². The Kier molecular flexibility index (Phi) is 4.09. The van der Waals surface area contributed by atoms with Crippen LogP contribution in [0.1, 0.15) is 39.2 Å². The zero-order chi connectivity index (χ0) is 15.7. The quantitative estimate of drug-likeness (QED) is 0.899. The highest BCUT2D eigenvalue weighted by molar-refractivity contribution is 5.94. The first kappa shape index (κ1) is 15.3. The molecule has 0 aliphatic carbocycles. The summed E-state index contributed by atoms with van der Waals surface area (Å²) < 4.78 is 0. The molecular formula is C19H27N3. The van der Waals surface area contributed by atoms with Crippen LogP contribution in [-0.2, 0) is 0 Å². The monoisotopic (exact) mass is 297 g/mol. The van der Waals surface area contributed by atoms with Crippen molar-refractivity contribution in [2.75, 3.05) is 18.4 Å². The summed E-state index contributed by atoms with van der Waals surface area (Å²) in [5.74, 6) is 1.04. The number of piperidine rings is 1. The average molecular weight is 297 g/mol. The van der Waals surface area contributed by atoms with Gasteiger partial charge in [0.05, 0.1) is 0 Å². The third-order valence-electron chi connectivity index (χ3n) is 4.71. The van der Waals surface area contributed by atoms with Gasteiger partial charge in [0.25, 0.3) is 0 Å². The van der Waals surface area contributed by atoms with Gasteiger partial charge < -0.3 is 5.32 Å². The standard InChI is InChI=1S/C19H27N3/c1-14-7-5-8-15-10-11-20-18(17(14)15)21-16-9-6-12-22(13-16)19(2,3)4/h5,7-8,10-11,16H,6,9,12-13H2,1-4H3,(H,20,21)/t16-/m1/s1. The molecular weight excluding hydrogens is 270 g/mol. The predicted octanol–water partition coefficient (Wildman–Crippen LogP) is 4.22. The van der Waals surface area contributed by atoms with Crippen LogP contribution in [0, 0.1) is 6.92 Å². The van der Waals surface area contributed by atoms with Crippen molar-refractivity contribution in [3.8, 4) is 0 Å². The number of likely N-dealkylation sites (tertiary alicyclic amines) is 1. The number of nitrogens with zero attached hydrogens (tertiary/aromatic N) is 2. The second-order valence-corrected chi connectivity index (χ2v) is 7.43. The van der Waals surface area contributed by atoms with Crippen molar-refractivity contribution in [2.45, 2.75) is 52.1 Å². The van der Waals surface area contributed by atoms with Gasteiger partial charge in [-0.15, -0.1) is 0 Å². The highest BCUT2D eigenvalue weighted by Crippen LogP contribution is 2.27. The zero-order valence-corrected chi connectivity index (χ0v) is 14.2. The van der Waals surface area contributed by atoms with Gasteiger partial charge in [0.15, 0.2) is 0 Å². The van der Waals surface area contributed by atoms with Gasteiger partial charge in [0, 0.05) is 29.7 Å². The van der Waals surface area contributed by atoms with Gasteiger partial charge >= 0.3 is 0 Å². The SMILES string of the molecule is Cc1cccc2ccnc(N[C@@H]3CCCN(C(C)(C)C)C3)c12. The lowest BCUT2D eigenvalue weighted by Crippen LogP contribution is -2.50. The molecule has 0 unspecified atom stereocenters. The van der Waals surface area contributed by atoms with E-state index in [1.165, 1.54) is 35.7 Å². The van der Waals surface area contributed by atoms with Gasteiger partial charge in [-0.05, 0) is 64.1 Å². The predicted molar refractivity (Wildman–Crippen MR) is 94.5 cm³/mol. The molecule has 1 atom stereocenters. The van der Waals surface area contributed by atoms with Crippen LogP contribution in [0.4, 0.5) is 5.82 Å². The van der Waals surface area contributed by atoms with Crippen molar-refractivity contribution in [1.82, 2.24) is 9.88 Å². The molecule has 1 fully saturated rings. The third kappa shape index (κ3) is 3.09. The van der Waals surface area contributed by atoms with E-state index in [0.29, 0.717) is 6.04 Å². The number of aromatic nitrogens is 1. The van der Waals surface area contributed by atoms with Crippen molar-refractivity contribution in [3.05, 3.63) is 36.0 Å². The molecule has 0 radical (unpaired) electrons. The lowest BCUT2D eigenvalue weighted by Gasteiger charge is -2.42. The fourth-order valence-electron chi connectivity index (χ4n) is 3.42. The van der Waals surface area contributed by atoms with Crippen LogP contribution in [0.5, 0.6) is 0 Å². The molecule has 0 saturated carbocycles. The van der Waals surface area contributed by atoms with Gasteiger partial charge in [-0.3, -0.25) is 4.90 Å². The Morgan fingerprint density at radius 1 is 1.23 bits per heavy atom. The molecule has 1 aliphatic rings. The molecule has 0 amide bonds. The molecule has 0 spiro atoms. The first-order valence-electron chi connectivity index (χ1n) is 8.31. The summed E-state index contributed by atoms with van der Waals surface area (Å²) >= 11 is 0. The lowest BCUT2D eigenvalue weighted by molar-refractivity contribution is 0.104. The number of anilines is 1. The third-order valence-corrected chi connectivity index (χ3v) is 4.71. The van der Waals surface area contributed by atoms with Gasteiger partial charge in [-0.2, -0.15) is 0 Å². The highest BCUT2D eigenvalue weighted by atomic mass is 15.2. The second-order valence-electron chi connectivity index (χ2n) is 7.43. The van der Waals surface area contributed by atoms with E-state index in [4.69, 9.17) is 0 Å². The number of aryl methyl sites for hydroxylation is 1. The molecule has 3 rings (SSSR count). The Morgan fingerprint density at radius 3 is 2.82 bits per heavy atom. The van der Waals surface area contributed by atoms with Crippen LogP contribution in [0.15, 0.2) is 30.5 Å². The largest absolute Gasteiger partial charge is 0.366 e. The Labute approximate surface area is 133 Å². The summed E-state index contributed by atoms with van der Waals surface area (Å²) in [6, 6.07) is 9.01. The van der Waals surface area contributed by atoms with E-state index in [1.54, 1.807) is 0 Å². The van der Waals surface area contributed by atoms with E-state index in [1.807, 2.05) is 6.20 Å². The molecule has 1 saturated heterocycles. The molecule has 1 aromatic heterocycles. The molecule has 1 N–H and O–H groups in total. The maximum Gasteiger partial charge on any atom is 0.134 e. The maximum absolute atomic E-state index is 4.62. The number of hydrogen-bond acceptors (Lipinski definition) is 3. The summed E-state index contributed by atoms with van der Waals surface area (Å²) in [5, 5.41) is 6.24. The molecule has 22 heavy (non-hydrogen) atoms. The zero-order valence-electron chi connectivity index (χ0n) is 14.2. The van der Waals surface area contributed by atoms with Crippen LogP contribution in [0.2, 0.25) is 0 Å². The number of benzene rings is 1. The molecule has 3 nitrogen and oxygen atoms in total. The average Bonchev–Trinajstić information content (AvgIpc) is 2.47. The van der Waals surface area contributed by atoms with E-state index in [9.17, 15) is 0 Å². The van der Waals surface area contributed by atoms with Gasteiger partial charge in [-0.25, -0.2) is 4.98 Å². The smallest absolute Gasteiger partial charge is 0.134 e. The van der Waals surface area contributed by atoms with Gasteiger partial charge in [-0.1, -0.05) is 18.2 Å². The van der Waals surface area contributed by atoms with E-state index >= 15 is 0 Å². The van der Waals surface area contributed by atoms with E-state index < -0.39 is 0 Å². The molecule has 0 bridgehead atoms. The first-order chi connectivity index (χ1) is 10.4. The fourth-order valence-corrected chi connectivity index (χ4v) is 3.42. The normalized spacial score (nSPS) is 20.3. The Morgan fingerprint density at radius 2 is 2.05 bits per heavy atom. The fraction of sp³-hybridized carbons (Fsp3) is 0.526. The maximum atomic E-state index is 4.62. The number of fused-ring (bicyclic) bond motifs is 1. The second kappa shape index (κ2) is 5.88. The lowest BCUT2D eigenvalue weighted by atomic mass is 9.98. The molecule has 118 valence electrons. The Balaban J connectivity index is 1.84. The number of hydrogen-bond donors (Lipinski definition) is 1. The number of rotatable bonds is 2. The summed E-state index contributed by atoms with van der Waals surface area (Å²) in [6.07, 6.45) is 4.38. The highest BCUT2D eigenvalue weighted by Gasteiger charge is 2.28. The minimum Gasteiger partial charge on any atom is -0.366 e. The number of pyridine rings is 1. The van der Waals surface area contributed by atoms with Crippen molar-refractivity contribution >= 4 is 16.6 Å². The molecule has 2 aromatic rings. The molecule has 2 heterocycles. The minimum absolute atomic E-state index is 0.239. The summed E-state index contributed by atoms with van der Waals surface area (Å²) in [7, 11) is 0. The van der Waals surface area contributed by atoms with Crippen molar-refractivity contribution in [2.24, 2.45) is 0 Å². The van der Waals surface area contributed by atoms with Crippen LogP contribution < -0.4 is 5.32 Å². The van der Waals surface area contributed by atoms with Gasteiger partial charge in [0.2, 0.25) is 0 Å². The van der Waals surface area contributed by atoms with Crippen LogP contribution in [-0.4, -0.2) is 34.6 Å². The van der Waals surface area contributed by atoms with E-state index in [0.717, 1.165) is 12.4 Å². The topological polar surface area (TPSA) is 28.2 Å². The minimum atomic E-state index is 0.239. The Bertz CT molecular complexity index is 652. The summed E-state index contributed by atoms with van der Waals surface area (Å²) in [5.41, 5.74) is 1.53.